The SMILES string of the molecule is CC1CCC(NC(=O)C(C)(C)N2CCNCC2)C1C. The van der Waals surface area contributed by atoms with Crippen molar-refractivity contribution >= 4 is 5.91 Å². The van der Waals surface area contributed by atoms with Crippen LogP contribution in [0.5, 0.6) is 0 Å². The van der Waals surface area contributed by atoms with E-state index in [2.05, 4.69) is 43.2 Å². The minimum absolute atomic E-state index is 0.195. The first-order valence-electron chi connectivity index (χ1n) is 7.69. The Kier molecular flexibility index (Phi) is 4.51. The van der Waals surface area contributed by atoms with Crippen LogP contribution < -0.4 is 10.6 Å². The van der Waals surface area contributed by atoms with Crippen LogP contribution in [0.1, 0.15) is 40.5 Å². The number of rotatable bonds is 3. The second kappa shape index (κ2) is 5.80. The lowest BCUT2D eigenvalue weighted by molar-refractivity contribution is -0.133. The number of piperazine rings is 1. The van der Waals surface area contributed by atoms with E-state index in [1.807, 2.05) is 0 Å². The highest BCUT2D eigenvalue weighted by atomic mass is 16.2. The van der Waals surface area contributed by atoms with E-state index in [1.54, 1.807) is 0 Å². The van der Waals surface area contributed by atoms with Crippen LogP contribution in [-0.4, -0.2) is 48.6 Å². The predicted molar refractivity (Wildman–Crippen MR) is 78.0 cm³/mol. The third kappa shape index (κ3) is 3.11. The number of carbonyl (C=O) groups is 1. The number of nitrogens with zero attached hydrogens (tertiary/aromatic N) is 1. The quantitative estimate of drug-likeness (QED) is 0.808. The molecule has 0 aromatic heterocycles. The van der Waals surface area contributed by atoms with Crippen LogP contribution >= 0.6 is 0 Å². The normalized spacial score (nSPS) is 33.4. The summed E-state index contributed by atoms with van der Waals surface area (Å²) in [6.45, 7) is 12.5. The molecule has 1 heterocycles. The van der Waals surface area contributed by atoms with Crippen molar-refractivity contribution in [1.82, 2.24) is 15.5 Å². The summed E-state index contributed by atoms with van der Waals surface area (Å²) in [6, 6.07) is 0.365. The zero-order valence-electron chi connectivity index (χ0n) is 12.8. The molecule has 0 aromatic rings. The highest BCUT2D eigenvalue weighted by Gasteiger charge is 2.38. The first kappa shape index (κ1) is 14.8. The number of carbonyl (C=O) groups excluding carboxylic acids is 1. The molecule has 2 fully saturated rings. The Balaban J connectivity index is 1.94. The van der Waals surface area contributed by atoms with E-state index in [1.165, 1.54) is 6.42 Å². The first-order valence-corrected chi connectivity index (χ1v) is 7.69. The molecule has 3 atom stereocenters. The van der Waals surface area contributed by atoms with E-state index in [-0.39, 0.29) is 5.91 Å². The van der Waals surface area contributed by atoms with Gasteiger partial charge in [0.1, 0.15) is 0 Å². The molecule has 2 rings (SSSR count). The maximum Gasteiger partial charge on any atom is 0.240 e. The van der Waals surface area contributed by atoms with E-state index in [0.29, 0.717) is 12.0 Å². The second-order valence-electron chi connectivity index (χ2n) is 6.79. The van der Waals surface area contributed by atoms with Gasteiger partial charge in [0.25, 0.3) is 0 Å². The number of hydrogen-bond acceptors (Lipinski definition) is 3. The average molecular weight is 267 g/mol. The van der Waals surface area contributed by atoms with Crippen LogP contribution in [0.2, 0.25) is 0 Å². The summed E-state index contributed by atoms with van der Waals surface area (Å²) in [5.41, 5.74) is -0.395. The van der Waals surface area contributed by atoms with Gasteiger partial charge in [0, 0.05) is 32.2 Å². The van der Waals surface area contributed by atoms with Crippen LogP contribution in [0, 0.1) is 11.8 Å². The van der Waals surface area contributed by atoms with Gasteiger partial charge in [-0.2, -0.15) is 0 Å². The van der Waals surface area contributed by atoms with Crippen LogP contribution in [0.25, 0.3) is 0 Å². The molecule has 0 spiro atoms. The average Bonchev–Trinajstić information content (AvgIpc) is 2.71. The molecule has 3 unspecified atom stereocenters. The van der Waals surface area contributed by atoms with Crippen molar-refractivity contribution in [2.24, 2.45) is 11.8 Å². The molecule has 4 nitrogen and oxygen atoms in total. The molecule has 0 bridgehead atoms. The van der Waals surface area contributed by atoms with E-state index in [9.17, 15) is 4.79 Å². The Morgan fingerprint density at radius 3 is 2.37 bits per heavy atom. The Bertz CT molecular complexity index is 323. The number of nitrogens with one attached hydrogen (secondary N) is 2. The van der Waals surface area contributed by atoms with Crippen molar-refractivity contribution in [1.29, 1.82) is 0 Å². The van der Waals surface area contributed by atoms with Crippen LogP contribution in [0.4, 0.5) is 0 Å². The van der Waals surface area contributed by atoms with Gasteiger partial charge in [-0.25, -0.2) is 0 Å². The van der Waals surface area contributed by atoms with Crippen LogP contribution in [0.15, 0.2) is 0 Å². The van der Waals surface area contributed by atoms with Gasteiger partial charge in [-0.15, -0.1) is 0 Å². The van der Waals surface area contributed by atoms with Gasteiger partial charge >= 0.3 is 0 Å². The van der Waals surface area contributed by atoms with E-state index < -0.39 is 5.54 Å². The molecular weight excluding hydrogens is 238 g/mol. The smallest absolute Gasteiger partial charge is 0.240 e. The molecule has 1 saturated heterocycles. The highest BCUT2D eigenvalue weighted by molar-refractivity contribution is 5.85. The zero-order chi connectivity index (χ0) is 14.0. The lowest BCUT2D eigenvalue weighted by Gasteiger charge is -2.40. The molecule has 0 radical (unpaired) electrons. The fraction of sp³-hybridized carbons (Fsp3) is 0.933. The fourth-order valence-electron chi connectivity index (χ4n) is 3.28. The third-order valence-corrected chi connectivity index (χ3v) is 5.24. The highest BCUT2D eigenvalue weighted by Crippen LogP contribution is 2.31. The molecule has 19 heavy (non-hydrogen) atoms. The van der Waals surface area contributed by atoms with Crippen molar-refractivity contribution < 1.29 is 4.79 Å². The molecule has 110 valence electrons. The van der Waals surface area contributed by atoms with Crippen molar-refractivity contribution in [2.45, 2.75) is 52.1 Å². The molecule has 2 aliphatic rings. The van der Waals surface area contributed by atoms with Gasteiger partial charge in [-0.1, -0.05) is 13.8 Å². The zero-order valence-corrected chi connectivity index (χ0v) is 12.8. The minimum atomic E-state index is -0.395. The van der Waals surface area contributed by atoms with Crippen molar-refractivity contribution in [3.05, 3.63) is 0 Å². The minimum Gasteiger partial charge on any atom is -0.351 e. The maximum atomic E-state index is 12.6. The summed E-state index contributed by atoms with van der Waals surface area (Å²) in [7, 11) is 0. The largest absolute Gasteiger partial charge is 0.351 e. The Hall–Kier alpha value is -0.610. The summed E-state index contributed by atoms with van der Waals surface area (Å²) in [6.07, 6.45) is 2.37. The molecule has 1 amide bonds. The Morgan fingerprint density at radius 1 is 1.21 bits per heavy atom. The van der Waals surface area contributed by atoms with Gasteiger partial charge in [-0.3, -0.25) is 9.69 Å². The monoisotopic (exact) mass is 267 g/mol. The van der Waals surface area contributed by atoms with Crippen molar-refractivity contribution in [3.8, 4) is 0 Å². The molecular formula is C15H29N3O. The van der Waals surface area contributed by atoms with E-state index in [4.69, 9.17) is 0 Å². The molecule has 0 aromatic carbocycles. The summed E-state index contributed by atoms with van der Waals surface area (Å²) in [5.74, 6) is 1.52. The summed E-state index contributed by atoms with van der Waals surface area (Å²) < 4.78 is 0. The van der Waals surface area contributed by atoms with E-state index in [0.717, 1.165) is 38.5 Å². The fourth-order valence-corrected chi connectivity index (χ4v) is 3.28. The van der Waals surface area contributed by atoms with Gasteiger partial charge in [0.2, 0.25) is 5.91 Å². The molecule has 1 aliphatic carbocycles. The third-order valence-electron chi connectivity index (χ3n) is 5.24. The van der Waals surface area contributed by atoms with Crippen LogP contribution in [-0.2, 0) is 4.79 Å². The molecule has 1 saturated carbocycles. The molecule has 2 N–H and O–H groups in total. The first-order chi connectivity index (χ1) is 8.93. The van der Waals surface area contributed by atoms with Crippen LogP contribution in [0.3, 0.4) is 0 Å². The molecule has 4 heteroatoms. The Labute approximate surface area is 117 Å². The van der Waals surface area contributed by atoms with E-state index >= 15 is 0 Å². The summed E-state index contributed by atoms with van der Waals surface area (Å²) in [5, 5.41) is 6.63. The lowest BCUT2D eigenvalue weighted by atomic mass is 9.95. The second-order valence-corrected chi connectivity index (χ2v) is 6.79. The predicted octanol–water partition coefficient (Wildman–Crippen LogP) is 1.22. The number of hydrogen-bond donors (Lipinski definition) is 2. The standard InChI is InChI=1S/C15H29N3O/c1-11-5-6-13(12(11)2)17-14(19)15(3,4)18-9-7-16-8-10-18/h11-13,16H,5-10H2,1-4H3,(H,17,19). The van der Waals surface area contributed by atoms with Crippen molar-refractivity contribution in [2.75, 3.05) is 26.2 Å². The van der Waals surface area contributed by atoms with Gasteiger partial charge in [-0.05, 0) is 38.5 Å². The number of amides is 1. The Morgan fingerprint density at radius 2 is 1.84 bits per heavy atom. The van der Waals surface area contributed by atoms with Gasteiger partial charge < -0.3 is 10.6 Å². The molecule has 1 aliphatic heterocycles. The summed E-state index contributed by atoms with van der Waals surface area (Å²) >= 11 is 0. The lowest BCUT2D eigenvalue weighted by Crippen LogP contribution is -2.61. The summed E-state index contributed by atoms with van der Waals surface area (Å²) in [4.78, 5) is 14.9. The van der Waals surface area contributed by atoms with Gasteiger partial charge in [0.05, 0.1) is 5.54 Å². The van der Waals surface area contributed by atoms with Crippen molar-refractivity contribution in [3.63, 3.8) is 0 Å². The maximum absolute atomic E-state index is 12.6. The topological polar surface area (TPSA) is 44.4 Å². The van der Waals surface area contributed by atoms with Gasteiger partial charge in [0.15, 0.2) is 0 Å².